The number of nitrogens with two attached hydrogens (primary N) is 1. The number of ether oxygens (including phenoxy) is 1. The Labute approximate surface area is 157 Å². The van der Waals surface area contributed by atoms with E-state index in [1.807, 2.05) is 0 Å². The molecule has 3 fully saturated rings. The van der Waals surface area contributed by atoms with Crippen molar-refractivity contribution >= 4 is 12.0 Å². The van der Waals surface area contributed by atoms with Gasteiger partial charge in [0.05, 0.1) is 6.10 Å². The Morgan fingerprint density at radius 2 is 1.92 bits per heavy atom. The second-order valence-corrected chi connectivity index (χ2v) is 7.88. The molecule has 3 rings (SSSR count). The van der Waals surface area contributed by atoms with Crippen LogP contribution in [0.25, 0.3) is 0 Å². The van der Waals surface area contributed by atoms with E-state index in [9.17, 15) is 4.79 Å². The van der Waals surface area contributed by atoms with Crippen LogP contribution in [-0.2, 0) is 4.74 Å². The highest BCUT2D eigenvalue weighted by molar-refractivity contribution is 5.80. The van der Waals surface area contributed by atoms with Gasteiger partial charge in [0, 0.05) is 43.7 Å². The molecule has 2 atom stereocenters. The highest BCUT2D eigenvalue weighted by Crippen LogP contribution is 2.54. The summed E-state index contributed by atoms with van der Waals surface area (Å²) in [5.41, 5.74) is 5.67. The summed E-state index contributed by atoms with van der Waals surface area (Å²) in [6.45, 7) is 7.13. The maximum absolute atomic E-state index is 11.3. The van der Waals surface area contributed by atoms with Gasteiger partial charge in [-0.1, -0.05) is 12.8 Å². The fourth-order valence-corrected chi connectivity index (χ4v) is 4.98. The maximum Gasteiger partial charge on any atom is 0.314 e. The first-order chi connectivity index (χ1) is 12.6. The number of piperidine rings is 1. The molecule has 1 spiro atoms. The summed E-state index contributed by atoms with van der Waals surface area (Å²) in [6.07, 6.45) is 8.40. The smallest absolute Gasteiger partial charge is 0.314 e. The minimum Gasteiger partial charge on any atom is -0.378 e. The Kier molecular flexibility index (Phi) is 6.27. The number of amides is 2. The Hall–Kier alpha value is -1.50. The monoisotopic (exact) mass is 365 g/mol. The van der Waals surface area contributed by atoms with Crippen molar-refractivity contribution in [3.8, 4) is 0 Å². The van der Waals surface area contributed by atoms with Crippen molar-refractivity contribution in [1.82, 2.24) is 15.5 Å². The molecular weight excluding hydrogens is 330 g/mol. The van der Waals surface area contributed by atoms with Crippen LogP contribution < -0.4 is 16.4 Å². The van der Waals surface area contributed by atoms with Gasteiger partial charge < -0.3 is 26.0 Å². The predicted octanol–water partition coefficient (Wildman–Crippen LogP) is 1.82. The van der Waals surface area contributed by atoms with Crippen LogP contribution >= 0.6 is 0 Å². The first-order valence-corrected chi connectivity index (χ1v) is 10.3. The van der Waals surface area contributed by atoms with Crippen LogP contribution in [0.2, 0.25) is 0 Å². The summed E-state index contributed by atoms with van der Waals surface area (Å²) >= 11 is 0. The van der Waals surface area contributed by atoms with Crippen molar-refractivity contribution in [2.45, 2.75) is 77.0 Å². The highest BCUT2D eigenvalue weighted by atomic mass is 16.5. The molecule has 2 aliphatic carbocycles. The van der Waals surface area contributed by atoms with Gasteiger partial charge in [-0.25, -0.2) is 4.79 Å². The van der Waals surface area contributed by atoms with Crippen molar-refractivity contribution in [3.05, 3.63) is 0 Å². The Morgan fingerprint density at radius 3 is 2.50 bits per heavy atom. The summed E-state index contributed by atoms with van der Waals surface area (Å²) in [5, 5.41) is 7.30. The van der Waals surface area contributed by atoms with Crippen LogP contribution in [-0.4, -0.2) is 61.3 Å². The van der Waals surface area contributed by atoms with Gasteiger partial charge in [0.2, 0.25) is 0 Å². The molecule has 0 radical (unpaired) electrons. The molecule has 3 aliphatic rings. The summed E-state index contributed by atoms with van der Waals surface area (Å²) in [7, 11) is 0. The molecule has 7 heteroatoms. The molecule has 0 aromatic heterocycles. The van der Waals surface area contributed by atoms with Crippen molar-refractivity contribution in [2.75, 3.05) is 26.2 Å². The summed E-state index contributed by atoms with van der Waals surface area (Å²) in [5.74, 6) is 0.913. The predicted molar refractivity (Wildman–Crippen MR) is 103 cm³/mol. The normalized spacial score (nSPS) is 28.8. The van der Waals surface area contributed by atoms with E-state index in [4.69, 9.17) is 10.5 Å². The fourth-order valence-electron chi connectivity index (χ4n) is 4.98. The average molecular weight is 366 g/mol. The molecule has 0 aromatic carbocycles. The molecule has 1 aliphatic heterocycles. The standard InChI is InChI=1S/C19H35N5O2/c1-3-21-18(22-14-7-11-24(12-8-14)17(20)25)23-15-13-16(26-4-2)19(15)9-5-6-10-19/h14-16H,3-13H2,1-2H3,(H2,20,25)(H2,21,22,23). The summed E-state index contributed by atoms with van der Waals surface area (Å²) in [6, 6.07) is 0.472. The molecule has 1 saturated heterocycles. The molecule has 148 valence electrons. The van der Waals surface area contributed by atoms with E-state index in [1.165, 1.54) is 25.7 Å². The van der Waals surface area contributed by atoms with E-state index >= 15 is 0 Å². The molecule has 0 aromatic rings. The molecule has 0 bridgehead atoms. The van der Waals surface area contributed by atoms with Crippen LogP contribution in [0.4, 0.5) is 4.79 Å². The number of hydrogen-bond acceptors (Lipinski definition) is 3. The lowest BCUT2D eigenvalue weighted by Crippen LogP contribution is -2.65. The highest BCUT2D eigenvalue weighted by Gasteiger charge is 2.57. The molecule has 2 unspecified atom stereocenters. The first kappa shape index (κ1) is 19.3. The van der Waals surface area contributed by atoms with Gasteiger partial charge in [0.1, 0.15) is 0 Å². The van der Waals surface area contributed by atoms with E-state index in [1.54, 1.807) is 4.90 Å². The van der Waals surface area contributed by atoms with Gasteiger partial charge in [0.25, 0.3) is 0 Å². The van der Waals surface area contributed by atoms with Gasteiger partial charge in [0.15, 0.2) is 5.96 Å². The minimum atomic E-state index is -0.316. The number of hydrogen-bond donors (Lipinski definition) is 3. The van der Waals surface area contributed by atoms with Crippen LogP contribution in [0.5, 0.6) is 0 Å². The summed E-state index contributed by atoms with van der Waals surface area (Å²) in [4.78, 5) is 17.7. The Bertz CT molecular complexity index is 510. The van der Waals surface area contributed by atoms with E-state index in [0.29, 0.717) is 36.7 Å². The van der Waals surface area contributed by atoms with Crippen LogP contribution in [0.3, 0.4) is 0 Å². The second kappa shape index (κ2) is 8.46. The van der Waals surface area contributed by atoms with Crippen LogP contribution in [0.1, 0.15) is 58.8 Å². The average Bonchev–Trinajstić information content (AvgIpc) is 3.14. The lowest BCUT2D eigenvalue weighted by molar-refractivity contribution is -0.125. The lowest BCUT2D eigenvalue weighted by atomic mass is 9.60. The third-order valence-corrected chi connectivity index (χ3v) is 6.46. The Balaban J connectivity index is 1.56. The van der Waals surface area contributed by atoms with Gasteiger partial charge >= 0.3 is 6.03 Å². The first-order valence-electron chi connectivity index (χ1n) is 10.3. The maximum atomic E-state index is 11.3. The van der Waals surface area contributed by atoms with E-state index in [-0.39, 0.29) is 6.03 Å². The molecule has 2 saturated carbocycles. The third kappa shape index (κ3) is 3.92. The molecule has 4 N–H and O–H groups in total. The van der Waals surface area contributed by atoms with Gasteiger partial charge in [-0.3, -0.25) is 4.99 Å². The molecular formula is C19H35N5O2. The Morgan fingerprint density at radius 1 is 1.23 bits per heavy atom. The zero-order chi connectivity index (χ0) is 18.6. The second-order valence-electron chi connectivity index (χ2n) is 7.88. The van der Waals surface area contributed by atoms with Gasteiger partial charge in [-0.05, 0) is 46.0 Å². The number of likely N-dealkylation sites (tertiary alicyclic amines) is 1. The topological polar surface area (TPSA) is 92.0 Å². The van der Waals surface area contributed by atoms with Crippen molar-refractivity contribution < 1.29 is 9.53 Å². The van der Waals surface area contributed by atoms with Crippen molar-refractivity contribution in [1.29, 1.82) is 0 Å². The number of aliphatic imine (C=N–C) groups is 1. The molecule has 7 nitrogen and oxygen atoms in total. The number of carbonyl (C=O) groups is 1. The fraction of sp³-hybridized carbons (Fsp3) is 0.895. The summed E-state index contributed by atoms with van der Waals surface area (Å²) < 4.78 is 6.02. The number of nitrogens with zero attached hydrogens (tertiary/aromatic N) is 2. The number of carbonyl (C=O) groups excluding carboxylic acids is 1. The number of nitrogens with one attached hydrogen (secondary N) is 2. The zero-order valence-corrected chi connectivity index (χ0v) is 16.3. The number of rotatable bonds is 5. The van der Waals surface area contributed by atoms with E-state index in [0.717, 1.165) is 38.4 Å². The zero-order valence-electron chi connectivity index (χ0n) is 16.3. The van der Waals surface area contributed by atoms with Gasteiger partial charge in [-0.2, -0.15) is 0 Å². The molecule has 2 amide bonds. The van der Waals surface area contributed by atoms with Crippen molar-refractivity contribution in [3.63, 3.8) is 0 Å². The third-order valence-electron chi connectivity index (χ3n) is 6.46. The number of guanidine groups is 1. The van der Waals surface area contributed by atoms with Crippen LogP contribution in [0, 0.1) is 5.41 Å². The molecule has 1 heterocycles. The lowest BCUT2D eigenvalue weighted by Gasteiger charge is -2.54. The number of primary amides is 1. The molecule has 26 heavy (non-hydrogen) atoms. The van der Waals surface area contributed by atoms with E-state index in [2.05, 4.69) is 29.5 Å². The SMILES string of the molecule is CCN=C(NC1CCN(C(N)=O)CC1)NC1CC(OCC)C12CCCC2. The van der Waals surface area contributed by atoms with Gasteiger partial charge in [-0.15, -0.1) is 0 Å². The number of urea groups is 1. The van der Waals surface area contributed by atoms with E-state index < -0.39 is 0 Å². The minimum absolute atomic E-state index is 0.293. The van der Waals surface area contributed by atoms with Crippen molar-refractivity contribution in [2.24, 2.45) is 16.1 Å². The largest absolute Gasteiger partial charge is 0.378 e. The quantitative estimate of drug-likeness (QED) is 0.512. The van der Waals surface area contributed by atoms with Crippen LogP contribution in [0.15, 0.2) is 4.99 Å².